The zero-order valence-corrected chi connectivity index (χ0v) is 54.4. The summed E-state index contributed by atoms with van der Waals surface area (Å²) in [4.78, 5) is 38.3. The van der Waals surface area contributed by atoms with Crippen molar-refractivity contribution < 1.29 is 28.6 Å². The molecule has 0 aliphatic heterocycles. The number of unbranched alkanes of at least 4 members (excludes halogenated alkanes) is 32. The average Bonchev–Trinajstić information content (AvgIpc) is 3.49. The molecule has 0 heterocycles. The van der Waals surface area contributed by atoms with E-state index in [0.717, 1.165) is 128 Å². The van der Waals surface area contributed by atoms with Gasteiger partial charge in [-0.2, -0.15) is 0 Å². The van der Waals surface area contributed by atoms with Gasteiger partial charge in [-0.3, -0.25) is 14.4 Å². The number of allylic oxidation sites excluding steroid dienone is 20. The van der Waals surface area contributed by atoms with Crippen LogP contribution in [0.15, 0.2) is 122 Å². The highest BCUT2D eigenvalue weighted by molar-refractivity contribution is 5.71. The van der Waals surface area contributed by atoms with Crippen molar-refractivity contribution >= 4 is 17.9 Å². The van der Waals surface area contributed by atoms with Crippen LogP contribution < -0.4 is 0 Å². The molecule has 1 unspecified atom stereocenters. The molecule has 0 saturated carbocycles. The first-order chi connectivity index (χ1) is 41.0. The first-order valence-electron chi connectivity index (χ1n) is 35.0. The molecule has 0 aromatic heterocycles. The van der Waals surface area contributed by atoms with Gasteiger partial charge in [0.25, 0.3) is 0 Å². The first kappa shape index (κ1) is 78.8. The Hall–Kier alpha value is -4.19. The molecule has 474 valence electrons. The van der Waals surface area contributed by atoms with Gasteiger partial charge < -0.3 is 14.2 Å². The van der Waals surface area contributed by atoms with Crippen LogP contribution in [0.2, 0.25) is 0 Å². The van der Waals surface area contributed by atoms with E-state index in [1.165, 1.54) is 161 Å². The molecule has 1 atom stereocenters. The van der Waals surface area contributed by atoms with E-state index >= 15 is 0 Å². The van der Waals surface area contributed by atoms with Crippen LogP contribution in [0.1, 0.15) is 329 Å². The smallest absolute Gasteiger partial charge is 0.306 e. The molecule has 6 nitrogen and oxygen atoms in total. The SMILES string of the molecule is CC/C=C\C/C=C\C/C=C\C/C=C\C/C=C\CCCCCCCCCCCCCCCCCC(=O)OCC(COC(=O)CCCCCCCCCCC)OC(=O)CCCCCCCCCCC/C=C\C/C=C\C/C=C\C/C=C\C/C=C\CC. The van der Waals surface area contributed by atoms with Crippen molar-refractivity contribution in [3.8, 4) is 0 Å². The van der Waals surface area contributed by atoms with Gasteiger partial charge in [0.2, 0.25) is 0 Å². The van der Waals surface area contributed by atoms with E-state index in [2.05, 4.69) is 142 Å². The molecule has 0 aromatic carbocycles. The van der Waals surface area contributed by atoms with Gasteiger partial charge in [0.05, 0.1) is 0 Å². The first-order valence-corrected chi connectivity index (χ1v) is 35.0. The Labute approximate surface area is 513 Å². The number of carbonyl (C=O) groups is 3. The van der Waals surface area contributed by atoms with Crippen LogP contribution in [-0.4, -0.2) is 37.2 Å². The molecule has 0 aliphatic rings. The second-order valence-electron chi connectivity index (χ2n) is 23.0. The standard InChI is InChI=1S/C77H130O6/c1-4-7-10-13-16-19-21-23-25-27-29-31-33-35-36-37-38-39-40-42-43-45-47-49-51-53-55-58-61-64-67-70-76(79)82-73-74(72-81-75(78)69-66-63-60-57-18-15-12-9-6-3)83-77(80)71-68-65-62-59-56-54-52-50-48-46-44-41-34-32-30-28-26-24-22-20-17-14-11-8-5-2/h7-8,10-11,16-17,19-20,23-26,29-32,35-36,41,44,74H,4-6,9,12-15,18,21-22,27-28,33-34,37-40,42-43,45-73H2,1-3H3/b10-7-,11-8-,19-16-,20-17-,25-23-,26-24-,31-29-,32-30-,36-35-,44-41-. The Balaban J connectivity index is 4.16. The Morgan fingerprint density at radius 1 is 0.253 bits per heavy atom. The third kappa shape index (κ3) is 68.5. The highest BCUT2D eigenvalue weighted by Crippen LogP contribution is 2.17. The van der Waals surface area contributed by atoms with Crippen molar-refractivity contribution in [1.29, 1.82) is 0 Å². The van der Waals surface area contributed by atoms with E-state index in [9.17, 15) is 14.4 Å². The lowest BCUT2D eigenvalue weighted by molar-refractivity contribution is -0.167. The fourth-order valence-corrected chi connectivity index (χ4v) is 9.79. The van der Waals surface area contributed by atoms with E-state index < -0.39 is 6.10 Å². The minimum absolute atomic E-state index is 0.0783. The molecule has 0 radical (unpaired) electrons. The molecule has 0 saturated heterocycles. The van der Waals surface area contributed by atoms with Crippen molar-refractivity contribution in [3.05, 3.63) is 122 Å². The van der Waals surface area contributed by atoms with E-state index in [-0.39, 0.29) is 31.1 Å². The molecule has 6 heteroatoms. The van der Waals surface area contributed by atoms with E-state index in [0.29, 0.717) is 19.3 Å². The Morgan fingerprint density at radius 2 is 0.470 bits per heavy atom. The van der Waals surface area contributed by atoms with Crippen molar-refractivity contribution in [1.82, 2.24) is 0 Å². The van der Waals surface area contributed by atoms with Crippen LogP contribution in [-0.2, 0) is 28.6 Å². The maximum atomic E-state index is 12.9. The molecule has 0 aromatic rings. The molecule has 0 rings (SSSR count). The normalized spacial score (nSPS) is 12.9. The van der Waals surface area contributed by atoms with E-state index in [4.69, 9.17) is 14.2 Å². The summed E-state index contributed by atoms with van der Waals surface area (Å²) in [5, 5.41) is 0. The number of hydrogen-bond donors (Lipinski definition) is 0. The number of esters is 3. The molecule has 0 spiro atoms. The summed E-state index contributed by atoms with van der Waals surface area (Å²) in [5.41, 5.74) is 0. The fourth-order valence-electron chi connectivity index (χ4n) is 9.79. The monoisotopic (exact) mass is 1150 g/mol. The number of rotatable bonds is 63. The molecule has 0 fully saturated rings. The van der Waals surface area contributed by atoms with Crippen molar-refractivity contribution in [2.24, 2.45) is 0 Å². The quantitative estimate of drug-likeness (QED) is 0.0261. The summed E-state index contributed by atoms with van der Waals surface area (Å²) in [6.07, 6.45) is 98.1. The fraction of sp³-hybridized carbons (Fsp3) is 0.701. The highest BCUT2D eigenvalue weighted by Gasteiger charge is 2.19. The van der Waals surface area contributed by atoms with Crippen molar-refractivity contribution in [2.75, 3.05) is 13.2 Å². The molecule has 0 N–H and O–H groups in total. The van der Waals surface area contributed by atoms with E-state index in [1.807, 2.05) is 0 Å². The summed E-state index contributed by atoms with van der Waals surface area (Å²) >= 11 is 0. The van der Waals surface area contributed by atoms with Crippen LogP contribution in [0.5, 0.6) is 0 Å². The van der Waals surface area contributed by atoms with Crippen molar-refractivity contribution in [2.45, 2.75) is 335 Å². The second kappa shape index (κ2) is 70.3. The molecule has 0 amide bonds. The maximum absolute atomic E-state index is 12.9. The summed E-state index contributed by atoms with van der Waals surface area (Å²) < 4.78 is 16.9. The van der Waals surface area contributed by atoms with Crippen LogP contribution in [0, 0.1) is 0 Å². The van der Waals surface area contributed by atoms with Gasteiger partial charge in [0.15, 0.2) is 6.10 Å². The number of carbonyl (C=O) groups excluding carboxylic acids is 3. The van der Waals surface area contributed by atoms with Gasteiger partial charge in [-0.1, -0.05) is 322 Å². The third-order valence-electron chi connectivity index (χ3n) is 15.0. The summed E-state index contributed by atoms with van der Waals surface area (Å²) in [5.74, 6) is -0.876. The van der Waals surface area contributed by atoms with Crippen LogP contribution in [0.25, 0.3) is 0 Å². The van der Waals surface area contributed by atoms with Gasteiger partial charge in [0.1, 0.15) is 13.2 Å². The van der Waals surface area contributed by atoms with E-state index in [1.54, 1.807) is 0 Å². The van der Waals surface area contributed by atoms with Gasteiger partial charge in [0, 0.05) is 19.3 Å². The summed E-state index contributed by atoms with van der Waals surface area (Å²) in [7, 11) is 0. The Morgan fingerprint density at radius 3 is 0.735 bits per heavy atom. The topological polar surface area (TPSA) is 78.9 Å². The maximum Gasteiger partial charge on any atom is 0.306 e. The average molecular weight is 1150 g/mol. The molecule has 0 bridgehead atoms. The largest absolute Gasteiger partial charge is 0.462 e. The highest BCUT2D eigenvalue weighted by atomic mass is 16.6. The predicted molar refractivity (Wildman–Crippen MR) is 362 cm³/mol. The second-order valence-corrected chi connectivity index (χ2v) is 23.0. The third-order valence-corrected chi connectivity index (χ3v) is 15.0. The number of ether oxygens (including phenoxy) is 3. The predicted octanol–water partition coefficient (Wildman–Crippen LogP) is 24.3. The van der Waals surface area contributed by atoms with Crippen molar-refractivity contribution in [3.63, 3.8) is 0 Å². The Kier molecular flexibility index (Phi) is 66.7. The van der Waals surface area contributed by atoms with Crippen LogP contribution in [0.3, 0.4) is 0 Å². The lowest BCUT2D eigenvalue weighted by Gasteiger charge is -2.18. The van der Waals surface area contributed by atoms with Gasteiger partial charge in [-0.05, 0) is 109 Å². The lowest BCUT2D eigenvalue weighted by atomic mass is 10.0. The van der Waals surface area contributed by atoms with Gasteiger partial charge in [-0.15, -0.1) is 0 Å². The van der Waals surface area contributed by atoms with Crippen LogP contribution >= 0.6 is 0 Å². The molecule has 83 heavy (non-hydrogen) atoms. The zero-order valence-electron chi connectivity index (χ0n) is 54.4. The molecule has 0 aliphatic carbocycles. The lowest BCUT2D eigenvalue weighted by Crippen LogP contribution is -2.30. The molecular formula is C77H130O6. The molecular weight excluding hydrogens is 1020 g/mol. The van der Waals surface area contributed by atoms with Gasteiger partial charge in [-0.25, -0.2) is 0 Å². The summed E-state index contributed by atoms with van der Waals surface area (Å²) in [6.45, 7) is 6.42. The minimum atomic E-state index is -0.782. The van der Waals surface area contributed by atoms with Crippen LogP contribution in [0.4, 0.5) is 0 Å². The number of hydrogen-bond acceptors (Lipinski definition) is 6. The Bertz CT molecular complexity index is 1700. The summed E-state index contributed by atoms with van der Waals surface area (Å²) in [6, 6.07) is 0. The zero-order chi connectivity index (χ0) is 59.9. The van der Waals surface area contributed by atoms with Gasteiger partial charge >= 0.3 is 17.9 Å². The minimum Gasteiger partial charge on any atom is -0.462 e.